The van der Waals surface area contributed by atoms with Crippen LogP contribution in [-0.2, 0) is 9.53 Å². The second-order valence-electron chi connectivity index (χ2n) is 3.10. The van der Waals surface area contributed by atoms with E-state index in [2.05, 4.69) is 4.74 Å². The van der Waals surface area contributed by atoms with Crippen molar-refractivity contribution in [2.75, 3.05) is 7.05 Å². The van der Waals surface area contributed by atoms with Crippen LogP contribution in [0, 0.1) is 0 Å². The Morgan fingerprint density at radius 1 is 1.45 bits per heavy atom. The standard InChI is InChI=1S/C7H9NO3/c1-8-6(10)11-5(9)7(8)3-2-4-7/h2-4H2,1H3. The van der Waals surface area contributed by atoms with Crippen LogP contribution in [0.3, 0.4) is 0 Å². The minimum atomic E-state index is -0.572. The van der Waals surface area contributed by atoms with Crippen molar-refractivity contribution in [3.8, 4) is 0 Å². The fraction of sp³-hybridized carbons (Fsp3) is 0.714. The number of nitrogens with zero attached hydrogens (tertiary/aromatic N) is 1. The highest BCUT2D eigenvalue weighted by molar-refractivity contribution is 5.99. The molecule has 2 rings (SSSR count). The Hall–Kier alpha value is -1.06. The highest BCUT2D eigenvalue weighted by Crippen LogP contribution is 2.41. The lowest BCUT2D eigenvalue weighted by atomic mass is 9.76. The van der Waals surface area contributed by atoms with Crippen molar-refractivity contribution in [3.05, 3.63) is 0 Å². The molecule has 1 heterocycles. The zero-order valence-electron chi connectivity index (χ0n) is 6.29. The highest BCUT2D eigenvalue weighted by Gasteiger charge is 2.57. The first-order valence-corrected chi connectivity index (χ1v) is 3.67. The summed E-state index contributed by atoms with van der Waals surface area (Å²) in [5.41, 5.74) is -0.572. The van der Waals surface area contributed by atoms with Gasteiger partial charge in [0.25, 0.3) is 0 Å². The SMILES string of the molecule is CN1C(=O)OC(=O)C12CCC2. The number of carbonyl (C=O) groups is 2. The van der Waals surface area contributed by atoms with Gasteiger partial charge in [0.05, 0.1) is 0 Å². The third kappa shape index (κ3) is 0.593. The van der Waals surface area contributed by atoms with Gasteiger partial charge in [-0.25, -0.2) is 9.59 Å². The van der Waals surface area contributed by atoms with Crippen LogP contribution in [0.2, 0.25) is 0 Å². The van der Waals surface area contributed by atoms with Gasteiger partial charge in [-0.1, -0.05) is 0 Å². The Morgan fingerprint density at radius 3 is 2.27 bits per heavy atom. The summed E-state index contributed by atoms with van der Waals surface area (Å²) in [6.45, 7) is 0. The second-order valence-corrected chi connectivity index (χ2v) is 3.10. The molecule has 0 atom stereocenters. The number of amides is 1. The summed E-state index contributed by atoms with van der Waals surface area (Å²) in [4.78, 5) is 23.4. The second kappa shape index (κ2) is 1.75. The van der Waals surface area contributed by atoms with Crippen molar-refractivity contribution >= 4 is 12.1 Å². The largest absolute Gasteiger partial charge is 0.418 e. The summed E-state index contributed by atoms with van der Waals surface area (Å²) in [5, 5.41) is 0. The van der Waals surface area contributed by atoms with E-state index in [0.29, 0.717) is 0 Å². The molecule has 11 heavy (non-hydrogen) atoms. The lowest BCUT2D eigenvalue weighted by Gasteiger charge is -2.38. The van der Waals surface area contributed by atoms with Gasteiger partial charge < -0.3 is 4.74 Å². The maximum absolute atomic E-state index is 11.1. The first kappa shape index (κ1) is 6.64. The number of likely N-dealkylation sites (N-methyl/N-ethyl adjacent to an activating group) is 1. The minimum Gasteiger partial charge on any atom is -0.374 e. The summed E-state index contributed by atoms with van der Waals surface area (Å²) < 4.78 is 4.48. The molecule has 2 aliphatic rings. The lowest BCUT2D eigenvalue weighted by molar-refractivity contribution is -0.144. The fourth-order valence-corrected chi connectivity index (χ4v) is 1.61. The van der Waals surface area contributed by atoms with E-state index in [-0.39, 0.29) is 5.97 Å². The molecule has 1 saturated carbocycles. The van der Waals surface area contributed by atoms with Gasteiger partial charge >= 0.3 is 12.1 Å². The predicted octanol–water partition coefficient (Wildman–Crippen LogP) is 0.518. The first-order valence-electron chi connectivity index (χ1n) is 3.67. The van der Waals surface area contributed by atoms with Crippen LogP contribution in [0.15, 0.2) is 0 Å². The van der Waals surface area contributed by atoms with Crippen LogP contribution >= 0.6 is 0 Å². The Morgan fingerprint density at radius 2 is 2.09 bits per heavy atom. The average molecular weight is 155 g/mol. The van der Waals surface area contributed by atoms with E-state index >= 15 is 0 Å². The molecule has 0 aromatic rings. The van der Waals surface area contributed by atoms with E-state index in [1.807, 2.05) is 0 Å². The molecule has 0 unspecified atom stereocenters. The third-order valence-electron chi connectivity index (χ3n) is 2.66. The summed E-state index contributed by atoms with van der Waals surface area (Å²) in [7, 11) is 1.62. The predicted molar refractivity (Wildman–Crippen MR) is 35.8 cm³/mol. The van der Waals surface area contributed by atoms with E-state index in [1.165, 1.54) is 4.90 Å². The van der Waals surface area contributed by atoms with Crippen LogP contribution < -0.4 is 0 Å². The van der Waals surface area contributed by atoms with Crippen molar-refractivity contribution in [2.24, 2.45) is 0 Å². The molecule has 1 amide bonds. The minimum absolute atomic E-state index is 0.365. The van der Waals surface area contributed by atoms with E-state index in [1.54, 1.807) is 7.05 Å². The quantitative estimate of drug-likeness (QED) is 0.378. The fourth-order valence-electron chi connectivity index (χ4n) is 1.61. The molecule has 60 valence electrons. The third-order valence-corrected chi connectivity index (χ3v) is 2.66. The van der Waals surface area contributed by atoms with Crippen molar-refractivity contribution in [3.63, 3.8) is 0 Å². The normalized spacial score (nSPS) is 27.2. The summed E-state index contributed by atoms with van der Waals surface area (Å²) in [6, 6.07) is 0. The number of hydrogen-bond donors (Lipinski definition) is 0. The summed E-state index contributed by atoms with van der Waals surface area (Å²) in [5.74, 6) is -0.365. The van der Waals surface area contributed by atoms with E-state index in [4.69, 9.17) is 0 Å². The molecule has 0 aromatic carbocycles. The van der Waals surface area contributed by atoms with Gasteiger partial charge in [-0.2, -0.15) is 0 Å². The van der Waals surface area contributed by atoms with Gasteiger partial charge in [0, 0.05) is 7.05 Å². The molecule has 1 saturated heterocycles. The van der Waals surface area contributed by atoms with Crippen LogP contribution in [0.25, 0.3) is 0 Å². The molecule has 0 bridgehead atoms. The van der Waals surface area contributed by atoms with Crippen LogP contribution in [0.5, 0.6) is 0 Å². The van der Waals surface area contributed by atoms with Gasteiger partial charge in [0.15, 0.2) is 0 Å². The van der Waals surface area contributed by atoms with E-state index in [0.717, 1.165) is 19.3 Å². The molecule has 0 N–H and O–H groups in total. The number of esters is 1. The van der Waals surface area contributed by atoms with E-state index < -0.39 is 11.6 Å². The highest BCUT2D eigenvalue weighted by atomic mass is 16.6. The van der Waals surface area contributed by atoms with Gasteiger partial charge in [-0.3, -0.25) is 4.90 Å². The van der Waals surface area contributed by atoms with Crippen LogP contribution in [0.1, 0.15) is 19.3 Å². The number of carbonyl (C=O) groups excluding carboxylic acids is 2. The van der Waals surface area contributed by atoms with Gasteiger partial charge in [-0.15, -0.1) is 0 Å². The van der Waals surface area contributed by atoms with Crippen LogP contribution in [-0.4, -0.2) is 29.5 Å². The molecule has 4 heteroatoms. The topological polar surface area (TPSA) is 46.6 Å². The zero-order valence-corrected chi connectivity index (χ0v) is 6.29. The molecule has 1 aliphatic carbocycles. The van der Waals surface area contributed by atoms with Gasteiger partial charge in [0.1, 0.15) is 5.54 Å². The van der Waals surface area contributed by atoms with Crippen molar-refractivity contribution in [2.45, 2.75) is 24.8 Å². The summed E-state index contributed by atoms with van der Waals surface area (Å²) in [6.07, 6.45) is 2.02. The molecular formula is C7H9NO3. The number of ether oxygens (including phenoxy) is 1. The monoisotopic (exact) mass is 155 g/mol. The van der Waals surface area contributed by atoms with Crippen molar-refractivity contribution < 1.29 is 14.3 Å². The number of rotatable bonds is 0. The molecule has 1 spiro atoms. The number of hydrogen-bond acceptors (Lipinski definition) is 3. The van der Waals surface area contributed by atoms with Crippen molar-refractivity contribution in [1.29, 1.82) is 0 Å². The van der Waals surface area contributed by atoms with Crippen molar-refractivity contribution in [1.82, 2.24) is 4.90 Å². The maximum atomic E-state index is 11.1. The Labute approximate surface area is 64.1 Å². The molecule has 0 aromatic heterocycles. The Balaban J connectivity index is 2.32. The van der Waals surface area contributed by atoms with E-state index in [9.17, 15) is 9.59 Å². The maximum Gasteiger partial charge on any atom is 0.418 e. The molecule has 1 aliphatic heterocycles. The molecule has 0 radical (unpaired) electrons. The molecule has 4 nitrogen and oxygen atoms in total. The lowest BCUT2D eigenvalue weighted by Crippen LogP contribution is -2.52. The Bertz CT molecular complexity index is 232. The average Bonchev–Trinajstić information content (AvgIpc) is 2.03. The molecule has 2 fully saturated rings. The van der Waals surface area contributed by atoms with Gasteiger partial charge in [0.2, 0.25) is 0 Å². The first-order chi connectivity index (χ1) is 5.17. The van der Waals surface area contributed by atoms with Crippen LogP contribution in [0.4, 0.5) is 4.79 Å². The Kier molecular flexibility index (Phi) is 1.06. The zero-order chi connectivity index (χ0) is 8.06. The number of cyclic esters (lactones) is 2. The smallest absolute Gasteiger partial charge is 0.374 e. The molecular weight excluding hydrogens is 146 g/mol. The van der Waals surface area contributed by atoms with Gasteiger partial charge in [-0.05, 0) is 19.3 Å². The summed E-state index contributed by atoms with van der Waals surface area (Å²) >= 11 is 0.